The van der Waals surface area contributed by atoms with Crippen molar-refractivity contribution in [3.05, 3.63) is 77.9 Å². The molecule has 3 aromatic carbocycles. The molecule has 2 N–H and O–H groups in total. The van der Waals surface area contributed by atoms with Gasteiger partial charge in [-0.1, -0.05) is 48.5 Å². The van der Waals surface area contributed by atoms with Crippen LogP contribution in [0.5, 0.6) is 0 Å². The molecule has 3 aromatic rings. The zero-order chi connectivity index (χ0) is 18.6. The summed E-state index contributed by atoms with van der Waals surface area (Å²) in [6.07, 6.45) is 2.06. The largest absolute Gasteiger partial charge is 0.362 e. The molecule has 0 unspecified atom stereocenters. The number of carbonyl (C=O) groups is 2. The second-order valence-electron chi connectivity index (χ2n) is 6.72. The number of para-hydroxylation sites is 1. The number of benzene rings is 3. The van der Waals surface area contributed by atoms with Crippen LogP contribution < -0.4 is 15.8 Å². The number of fused-ring (bicyclic) bond motifs is 2. The van der Waals surface area contributed by atoms with E-state index in [2.05, 4.69) is 21.8 Å². The number of carbonyl (C=O) groups excluding carboxylic acids is 2. The van der Waals surface area contributed by atoms with Gasteiger partial charge in [-0.15, -0.1) is 0 Å². The van der Waals surface area contributed by atoms with E-state index in [0.29, 0.717) is 5.56 Å². The van der Waals surface area contributed by atoms with Gasteiger partial charge in [0.15, 0.2) is 0 Å². The van der Waals surface area contributed by atoms with E-state index in [1.807, 2.05) is 54.6 Å². The lowest BCUT2D eigenvalue weighted by atomic mass is 10.0. The second-order valence-corrected chi connectivity index (χ2v) is 6.72. The number of anilines is 1. The maximum absolute atomic E-state index is 12.3. The van der Waals surface area contributed by atoms with Crippen LogP contribution in [0.3, 0.4) is 0 Å². The van der Waals surface area contributed by atoms with Crippen molar-refractivity contribution in [2.24, 2.45) is 0 Å². The van der Waals surface area contributed by atoms with Crippen LogP contribution in [0.2, 0.25) is 0 Å². The average Bonchev–Trinajstić information content (AvgIpc) is 2.72. The van der Waals surface area contributed by atoms with Crippen molar-refractivity contribution in [2.45, 2.75) is 12.8 Å². The van der Waals surface area contributed by atoms with Gasteiger partial charge in [0.2, 0.25) is 0 Å². The first-order chi connectivity index (χ1) is 13.2. The molecule has 1 aliphatic heterocycles. The maximum Gasteiger partial charge on any atom is 0.269 e. The Bertz CT molecular complexity index is 1000. The minimum Gasteiger partial charge on any atom is -0.362 e. The van der Waals surface area contributed by atoms with Crippen LogP contribution in [-0.4, -0.2) is 24.9 Å². The molecular weight excluding hydrogens is 338 g/mol. The minimum absolute atomic E-state index is 0.217. The molecule has 0 aromatic heterocycles. The number of rotatable bonds is 3. The van der Waals surface area contributed by atoms with E-state index in [-0.39, 0.29) is 18.4 Å². The van der Waals surface area contributed by atoms with Crippen LogP contribution in [0, 0.1) is 0 Å². The standard InChI is InChI=1S/C22H21N3O2/c26-21(15-25-13-5-9-17-7-3-4-10-20(17)25)23-24-22(27)19-12-11-16-6-1-2-8-18(16)14-19/h1-4,6-8,10-12,14H,5,9,13,15H2,(H,23,26)(H,24,27). The average molecular weight is 359 g/mol. The van der Waals surface area contributed by atoms with Crippen LogP contribution in [0.4, 0.5) is 5.69 Å². The molecule has 2 amide bonds. The van der Waals surface area contributed by atoms with Crippen molar-refractivity contribution in [3.63, 3.8) is 0 Å². The Labute approximate surface area is 158 Å². The Hall–Kier alpha value is -3.34. The summed E-state index contributed by atoms with van der Waals surface area (Å²) in [6, 6.07) is 21.5. The quantitative estimate of drug-likeness (QED) is 0.707. The first-order valence-electron chi connectivity index (χ1n) is 9.11. The summed E-state index contributed by atoms with van der Waals surface area (Å²) in [7, 11) is 0. The molecule has 0 fully saturated rings. The zero-order valence-electron chi connectivity index (χ0n) is 14.9. The summed E-state index contributed by atoms with van der Waals surface area (Å²) in [5.74, 6) is -0.561. The summed E-state index contributed by atoms with van der Waals surface area (Å²) in [6.45, 7) is 1.05. The molecule has 1 heterocycles. The smallest absolute Gasteiger partial charge is 0.269 e. The summed E-state index contributed by atoms with van der Waals surface area (Å²) < 4.78 is 0. The van der Waals surface area contributed by atoms with Crippen LogP contribution >= 0.6 is 0 Å². The molecule has 27 heavy (non-hydrogen) atoms. The van der Waals surface area contributed by atoms with E-state index in [4.69, 9.17) is 0 Å². The molecule has 0 radical (unpaired) electrons. The fourth-order valence-corrected chi connectivity index (χ4v) is 3.52. The molecule has 136 valence electrons. The van der Waals surface area contributed by atoms with E-state index in [9.17, 15) is 9.59 Å². The van der Waals surface area contributed by atoms with Gasteiger partial charge < -0.3 is 4.90 Å². The fourth-order valence-electron chi connectivity index (χ4n) is 3.52. The number of aryl methyl sites for hydroxylation is 1. The summed E-state index contributed by atoms with van der Waals surface area (Å²) >= 11 is 0. The van der Waals surface area contributed by atoms with Gasteiger partial charge in [0.25, 0.3) is 11.8 Å². The van der Waals surface area contributed by atoms with Crippen molar-refractivity contribution in [3.8, 4) is 0 Å². The van der Waals surface area contributed by atoms with E-state index >= 15 is 0 Å². The van der Waals surface area contributed by atoms with Gasteiger partial charge in [0.05, 0.1) is 6.54 Å². The van der Waals surface area contributed by atoms with Gasteiger partial charge in [0.1, 0.15) is 0 Å². The van der Waals surface area contributed by atoms with Gasteiger partial charge in [-0.2, -0.15) is 0 Å². The molecular formula is C22H21N3O2. The highest BCUT2D eigenvalue weighted by Crippen LogP contribution is 2.26. The third-order valence-corrected chi connectivity index (χ3v) is 4.87. The van der Waals surface area contributed by atoms with Gasteiger partial charge in [-0.25, -0.2) is 0 Å². The van der Waals surface area contributed by atoms with Gasteiger partial charge in [-0.05, 0) is 47.4 Å². The topological polar surface area (TPSA) is 61.4 Å². The lowest BCUT2D eigenvalue weighted by molar-refractivity contribution is -0.120. The lowest BCUT2D eigenvalue weighted by Gasteiger charge is -2.30. The Morgan fingerprint density at radius 2 is 1.67 bits per heavy atom. The zero-order valence-corrected chi connectivity index (χ0v) is 14.9. The highest BCUT2D eigenvalue weighted by molar-refractivity contribution is 5.99. The molecule has 0 saturated heterocycles. The fraction of sp³-hybridized carbons (Fsp3) is 0.182. The Kier molecular flexibility index (Phi) is 4.75. The monoisotopic (exact) mass is 359 g/mol. The number of hydrazine groups is 1. The highest BCUT2D eigenvalue weighted by atomic mass is 16.2. The molecule has 5 nitrogen and oxygen atoms in total. The van der Waals surface area contributed by atoms with Crippen LogP contribution in [-0.2, 0) is 11.2 Å². The first kappa shape index (κ1) is 17.1. The predicted octanol–water partition coefficient (Wildman–Crippen LogP) is 3.05. The number of hydrogen-bond donors (Lipinski definition) is 2. The minimum atomic E-state index is -0.326. The van der Waals surface area contributed by atoms with Crippen LogP contribution in [0.15, 0.2) is 66.7 Å². The van der Waals surface area contributed by atoms with Crippen molar-refractivity contribution in [1.29, 1.82) is 0 Å². The van der Waals surface area contributed by atoms with E-state index in [1.54, 1.807) is 6.07 Å². The Morgan fingerprint density at radius 1 is 0.889 bits per heavy atom. The van der Waals surface area contributed by atoms with Crippen LogP contribution in [0.25, 0.3) is 10.8 Å². The SMILES string of the molecule is O=C(CN1CCCc2ccccc21)NNC(=O)c1ccc2ccccc2c1. The molecule has 0 bridgehead atoms. The number of nitrogens with zero attached hydrogens (tertiary/aromatic N) is 1. The van der Waals surface area contributed by atoms with E-state index in [1.165, 1.54) is 5.56 Å². The number of hydrogen-bond acceptors (Lipinski definition) is 3. The third kappa shape index (κ3) is 3.77. The molecule has 4 rings (SSSR count). The van der Waals surface area contributed by atoms with Crippen molar-refractivity contribution in [2.75, 3.05) is 18.0 Å². The number of nitrogens with one attached hydrogen (secondary N) is 2. The van der Waals surface area contributed by atoms with Crippen molar-refractivity contribution >= 4 is 28.3 Å². The molecule has 0 saturated carbocycles. The Balaban J connectivity index is 1.37. The normalized spacial score (nSPS) is 13.1. The summed E-state index contributed by atoms with van der Waals surface area (Å²) in [5, 5.41) is 2.06. The summed E-state index contributed by atoms with van der Waals surface area (Å²) in [5.41, 5.74) is 7.91. The lowest BCUT2D eigenvalue weighted by Crippen LogP contribution is -2.47. The van der Waals surface area contributed by atoms with Gasteiger partial charge >= 0.3 is 0 Å². The highest BCUT2D eigenvalue weighted by Gasteiger charge is 2.19. The Morgan fingerprint density at radius 3 is 2.56 bits per heavy atom. The molecule has 5 heteroatoms. The van der Waals surface area contributed by atoms with E-state index in [0.717, 1.165) is 35.8 Å². The maximum atomic E-state index is 12.3. The first-order valence-corrected chi connectivity index (χ1v) is 9.11. The second kappa shape index (κ2) is 7.50. The molecule has 1 aliphatic rings. The van der Waals surface area contributed by atoms with Crippen molar-refractivity contribution in [1.82, 2.24) is 10.9 Å². The summed E-state index contributed by atoms with van der Waals surface area (Å²) in [4.78, 5) is 26.7. The van der Waals surface area contributed by atoms with E-state index < -0.39 is 0 Å². The van der Waals surface area contributed by atoms with Crippen molar-refractivity contribution < 1.29 is 9.59 Å². The van der Waals surface area contributed by atoms with Gasteiger partial charge in [0, 0.05) is 17.8 Å². The number of amides is 2. The van der Waals surface area contributed by atoms with Gasteiger partial charge in [-0.3, -0.25) is 20.4 Å². The van der Waals surface area contributed by atoms with Crippen LogP contribution in [0.1, 0.15) is 22.3 Å². The molecule has 0 spiro atoms. The molecule has 0 atom stereocenters. The molecule has 0 aliphatic carbocycles. The third-order valence-electron chi connectivity index (χ3n) is 4.87. The predicted molar refractivity (Wildman–Crippen MR) is 107 cm³/mol.